The van der Waals surface area contributed by atoms with Crippen molar-refractivity contribution in [2.45, 2.75) is 20.3 Å². The van der Waals surface area contributed by atoms with Gasteiger partial charge in [-0.1, -0.05) is 20.3 Å². The van der Waals surface area contributed by atoms with E-state index in [1.54, 1.807) is 0 Å². The molecule has 1 aromatic carbocycles. The Balaban J connectivity index is 2.79. The topological polar surface area (TPSA) is 52.3 Å². The van der Waals surface area contributed by atoms with E-state index in [9.17, 15) is 13.6 Å². The van der Waals surface area contributed by atoms with Gasteiger partial charge in [0.05, 0.1) is 17.9 Å². The number of rotatable bonds is 4. The molecular weight excluding hydrogens is 228 g/mol. The van der Waals surface area contributed by atoms with Gasteiger partial charge in [0, 0.05) is 6.07 Å². The Bertz CT molecular complexity index is 421. The number of nitrogens with two attached hydrogens (primary N) is 1. The zero-order valence-corrected chi connectivity index (χ0v) is 9.80. The van der Waals surface area contributed by atoms with E-state index in [4.69, 9.17) is 10.5 Å². The minimum absolute atomic E-state index is 0.181. The Morgan fingerprint density at radius 3 is 2.65 bits per heavy atom. The van der Waals surface area contributed by atoms with Gasteiger partial charge >= 0.3 is 5.97 Å². The highest BCUT2D eigenvalue weighted by atomic mass is 19.1. The average Bonchev–Trinajstić information content (AvgIpc) is 2.30. The Morgan fingerprint density at radius 1 is 1.41 bits per heavy atom. The second kappa shape index (κ2) is 5.61. The fourth-order valence-electron chi connectivity index (χ4n) is 1.13. The number of ether oxygens (including phenoxy) is 1. The maximum atomic E-state index is 13.3. The number of anilines is 1. The van der Waals surface area contributed by atoms with Crippen molar-refractivity contribution in [3.63, 3.8) is 0 Å². The van der Waals surface area contributed by atoms with Crippen LogP contribution in [-0.4, -0.2) is 12.6 Å². The summed E-state index contributed by atoms with van der Waals surface area (Å²) in [5, 5.41) is 0. The highest BCUT2D eigenvalue weighted by Gasteiger charge is 2.17. The van der Waals surface area contributed by atoms with Crippen LogP contribution in [0.25, 0.3) is 0 Å². The summed E-state index contributed by atoms with van der Waals surface area (Å²) in [5.41, 5.74) is 4.40. The smallest absolute Gasteiger partial charge is 0.341 e. The number of hydrogen-bond acceptors (Lipinski definition) is 3. The molecule has 1 aromatic rings. The standard InChI is InChI=1S/C12H15F2NO2/c1-3-7(2)6-17-12(16)8-4-10(14)11(15)5-9(8)13/h4-5,7H,3,6,15H2,1-2H3. The molecule has 0 saturated carbocycles. The molecule has 17 heavy (non-hydrogen) atoms. The number of hydrogen-bond donors (Lipinski definition) is 1. The van der Waals surface area contributed by atoms with Crippen molar-refractivity contribution in [2.24, 2.45) is 5.92 Å². The molecule has 94 valence electrons. The third kappa shape index (κ3) is 3.41. The molecule has 0 saturated heterocycles. The van der Waals surface area contributed by atoms with Gasteiger partial charge in [0.25, 0.3) is 0 Å². The van der Waals surface area contributed by atoms with Crippen molar-refractivity contribution < 1.29 is 18.3 Å². The van der Waals surface area contributed by atoms with Crippen LogP contribution < -0.4 is 5.73 Å². The molecule has 2 N–H and O–H groups in total. The number of carbonyl (C=O) groups is 1. The van der Waals surface area contributed by atoms with Gasteiger partial charge in [0.15, 0.2) is 0 Å². The minimum Gasteiger partial charge on any atom is -0.462 e. The van der Waals surface area contributed by atoms with Crippen molar-refractivity contribution in [1.29, 1.82) is 0 Å². The van der Waals surface area contributed by atoms with E-state index in [1.807, 2.05) is 13.8 Å². The predicted octanol–water partition coefficient (Wildman–Crippen LogP) is 2.75. The quantitative estimate of drug-likeness (QED) is 0.653. The molecule has 5 heteroatoms. The zero-order valence-electron chi connectivity index (χ0n) is 9.80. The van der Waals surface area contributed by atoms with Gasteiger partial charge in [0.2, 0.25) is 0 Å². The van der Waals surface area contributed by atoms with Crippen LogP contribution in [0.1, 0.15) is 30.6 Å². The van der Waals surface area contributed by atoms with E-state index in [-0.39, 0.29) is 18.2 Å². The van der Waals surface area contributed by atoms with Crippen LogP contribution in [0.3, 0.4) is 0 Å². The lowest BCUT2D eigenvalue weighted by Crippen LogP contribution is -2.13. The summed E-state index contributed by atoms with van der Waals surface area (Å²) >= 11 is 0. The normalized spacial score (nSPS) is 12.2. The monoisotopic (exact) mass is 243 g/mol. The first-order valence-corrected chi connectivity index (χ1v) is 5.37. The largest absolute Gasteiger partial charge is 0.462 e. The highest BCUT2D eigenvalue weighted by molar-refractivity contribution is 5.90. The number of nitrogen functional groups attached to an aromatic ring is 1. The molecule has 0 aliphatic carbocycles. The van der Waals surface area contributed by atoms with Gasteiger partial charge in [-0.3, -0.25) is 0 Å². The van der Waals surface area contributed by atoms with E-state index in [2.05, 4.69) is 0 Å². The van der Waals surface area contributed by atoms with E-state index in [0.717, 1.165) is 18.6 Å². The minimum atomic E-state index is -0.877. The van der Waals surface area contributed by atoms with E-state index in [1.165, 1.54) is 0 Å². The second-order valence-electron chi connectivity index (χ2n) is 3.97. The summed E-state index contributed by atoms with van der Waals surface area (Å²) in [4.78, 5) is 11.5. The van der Waals surface area contributed by atoms with Gasteiger partial charge in [0.1, 0.15) is 11.6 Å². The lowest BCUT2D eigenvalue weighted by molar-refractivity contribution is 0.0441. The first-order valence-electron chi connectivity index (χ1n) is 5.37. The van der Waals surface area contributed by atoms with Gasteiger partial charge in [-0.15, -0.1) is 0 Å². The molecular formula is C12H15F2NO2. The third-order valence-electron chi connectivity index (χ3n) is 2.50. The molecule has 0 radical (unpaired) electrons. The van der Waals surface area contributed by atoms with Crippen LogP contribution >= 0.6 is 0 Å². The van der Waals surface area contributed by atoms with Crippen LogP contribution in [0.2, 0.25) is 0 Å². The molecule has 1 unspecified atom stereocenters. The van der Waals surface area contributed by atoms with E-state index in [0.29, 0.717) is 0 Å². The maximum Gasteiger partial charge on any atom is 0.341 e. The molecule has 0 aliphatic heterocycles. The summed E-state index contributed by atoms with van der Waals surface area (Å²) in [6.45, 7) is 4.02. The molecule has 0 aromatic heterocycles. The number of halogens is 2. The van der Waals surface area contributed by atoms with Crippen molar-refractivity contribution in [3.8, 4) is 0 Å². The van der Waals surface area contributed by atoms with Crippen LogP contribution in [0.4, 0.5) is 14.5 Å². The van der Waals surface area contributed by atoms with E-state index >= 15 is 0 Å². The lowest BCUT2D eigenvalue weighted by atomic mass is 10.1. The van der Waals surface area contributed by atoms with Crippen molar-refractivity contribution >= 4 is 11.7 Å². The first-order chi connectivity index (χ1) is 7.95. The van der Waals surface area contributed by atoms with Gasteiger partial charge in [-0.2, -0.15) is 0 Å². The SMILES string of the molecule is CCC(C)COC(=O)c1cc(F)c(N)cc1F. The summed E-state index contributed by atoms with van der Waals surface area (Å²) in [7, 11) is 0. The van der Waals surface area contributed by atoms with Crippen LogP contribution in [-0.2, 0) is 4.74 Å². The van der Waals surface area contributed by atoms with Gasteiger partial charge in [-0.05, 0) is 12.0 Å². The molecule has 0 spiro atoms. The Kier molecular flexibility index (Phi) is 4.43. The molecule has 1 atom stereocenters. The van der Waals surface area contributed by atoms with Crippen molar-refractivity contribution in [3.05, 3.63) is 29.3 Å². The molecule has 1 rings (SSSR count). The number of benzene rings is 1. The molecule has 0 fully saturated rings. The fraction of sp³-hybridized carbons (Fsp3) is 0.417. The summed E-state index contributed by atoms with van der Waals surface area (Å²) < 4.78 is 31.3. The van der Waals surface area contributed by atoms with Gasteiger partial charge in [-0.25, -0.2) is 13.6 Å². The van der Waals surface area contributed by atoms with Crippen molar-refractivity contribution in [2.75, 3.05) is 12.3 Å². The van der Waals surface area contributed by atoms with Crippen LogP contribution in [0, 0.1) is 17.6 Å². The zero-order chi connectivity index (χ0) is 13.0. The Morgan fingerprint density at radius 2 is 2.06 bits per heavy atom. The first kappa shape index (κ1) is 13.4. The number of carbonyl (C=O) groups excluding carboxylic acids is 1. The molecule has 3 nitrogen and oxygen atoms in total. The summed E-state index contributed by atoms with van der Waals surface area (Å²) in [6, 6.07) is 1.53. The molecule has 0 bridgehead atoms. The average molecular weight is 243 g/mol. The predicted molar refractivity (Wildman–Crippen MR) is 60.5 cm³/mol. The molecule has 0 amide bonds. The van der Waals surface area contributed by atoms with Crippen molar-refractivity contribution in [1.82, 2.24) is 0 Å². The molecule has 0 aliphatic rings. The summed E-state index contributed by atoms with van der Waals surface area (Å²) in [6.07, 6.45) is 0.839. The van der Waals surface area contributed by atoms with E-state index < -0.39 is 23.2 Å². The Labute approximate surface area is 98.6 Å². The maximum absolute atomic E-state index is 13.3. The second-order valence-corrected chi connectivity index (χ2v) is 3.97. The lowest BCUT2D eigenvalue weighted by Gasteiger charge is -2.10. The highest BCUT2D eigenvalue weighted by Crippen LogP contribution is 2.17. The third-order valence-corrected chi connectivity index (χ3v) is 2.50. The fourth-order valence-corrected chi connectivity index (χ4v) is 1.13. The molecule has 0 heterocycles. The summed E-state index contributed by atoms with van der Waals surface area (Å²) in [5.74, 6) is -2.40. The van der Waals surface area contributed by atoms with Crippen LogP contribution in [0.15, 0.2) is 12.1 Å². The number of esters is 1. The Hall–Kier alpha value is -1.65. The van der Waals surface area contributed by atoms with Gasteiger partial charge < -0.3 is 10.5 Å². The van der Waals surface area contributed by atoms with Crippen LogP contribution in [0.5, 0.6) is 0 Å².